The summed E-state index contributed by atoms with van der Waals surface area (Å²) >= 11 is 5.81. The van der Waals surface area contributed by atoms with Gasteiger partial charge in [0.1, 0.15) is 6.54 Å². The second-order valence-corrected chi connectivity index (χ2v) is 5.16. The highest BCUT2D eigenvalue weighted by molar-refractivity contribution is 6.32. The molecule has 1 fully saturated rings. The number of nitrogens with zero attached hydrogens (tertiary/aromatic N) is 1. The zero-order valence-corrected chi connectivity index (χ0v) is 10.7. The lowest BCUT2D eigenvalue weighted by Gasteiger charge is -2.13. The second kappa shape index (κ2) is 4.35. The Morgan fingerprint density at radius 2 is 1.95 bits per heavy atom. The summed E-state index contributed by atoms with van der Waals surface area (Å²) in [5.41, 5.74) is 0.561. The first kappa shape index (κ1) is 12.2. The van der Waals surface area contributed by atoms with E-state index in [0.29, 0.717) is 10.6 Å². The molecular weight excluding hydrogens is 268 g/mol. The minimum Gasteiger partial charge on any atom is -0.352 e. The third-order valence-electron chi connectivity index (χ3n) is 3.18. The lowest BCUT2D eigenvalue weighted by atomic mass is 10.1. The van der Waals surface area contributed by atoms with Crippen LogP contribution in [0.3, 0.4) is 0 Å². The van der Waals surface area contributed by atoms with E-state index in [9.17, 15) is 14.4 Å². The Kier molecular flexibility index (Phi) is 2.78. The van der Waals surface area contributed by atoms with Gasteiger partial charge in [0.2, 0.25) is 5.91 Å². The second-order valence-electron chi connectivity index (χ2n) is 4.73. The number of fused-ring (bicyclic) bond motifs is 1. The molecule has 3 amide bonds. The summed E-state index contributed by atoms with van der Waals surface area (Å²) in [6.45, 7) is -0.236. The fourth-order valence-corrected chi connectivity index (χ4v) is 2.22. The molecule has 0 spiro atoms. The summed E-state index contributed by atoms with van der Waals surface area (Å²) in [5.74, 6) is -1.21. The molecule has 1 aliphatic carbocycles. The zero-order valence-electron chi connectivity index (χ0n) is 9.98. The highest BCUT2D eigenvalue weighted by Gasteiger charge is 2.37. The Morgan fingerprint density at radius 3 is 2.63 bits per heavy atom. The van der Waals surface area contributed by atoms with Crippen LogP contribution in [0.25, 0.3) is 0 Å². The van der Waals surface area contributed by atoms with Crippen molar-refractivity contribution >= 4 is 29.3 Å². The van der Waals surface area contributed by atoms with Crippen molar-refractivity contribution in [2.75, 3.05) is 6.54 Å². The van der Waals surface area contributed by atoms with Gasteiger partial charge in [0.05, 0.1) is 11.1 Å². The number of amides is 3. The molecule has 0 unspecified atom stereocenters. The number of carbonyl (C=O) groups is 3. The van der Waals surface area contributed by atoms with Gasteiger partial charge in [-0.1, -0.05) is 11.6 Å². The van der Waals surface area contributed by atoms with Gasteiger partial charge < -0.3 is 5.32 Å². The molecule has 19 heavy (non-hydrogen) atoms. The first-order chi connectivity index (χ1) is 9.06. The van der Waals surface area contributed by atoms with Crippen LogP contribution in [0, 0.1) is 0 Å². The third-order valence-corrected chi connectivity index (χ3v) is 3.41. The molecule has 1 N–H and O–H groups in total. The molecule has 0 radical (unpaired) electrons. The lowest BCUT2D eigenvalue weighted by molar-refractivity contribution is -0.121. The molecular formula is C13H11ClN2O3. The van der Waals surface area contributed by atoms with E-state index in [1.54, 1.807) is 6.07 Å². The van der Waals surface area contributed by atoms with E-state index in [2.05, 4.69) is 5.32 Å². The molecule has 0 atom stereocenters. The Bertz CT molecular complexity index is 596. The summed E-state index contributed by atoms with van der Waals surface area (Å²) < 4.78 is 0. The number of nitrogens with one attached hydrogen (secondary N) is 1. The van der Waals surface area contributed by atoms with Crippen molar-refractivity contribution < 1.29 is 14.4 Å². The predicted octanol–water partition coefficient (Wildman–Crippen LogP) is 1.21. The maximum absolute atomic E-state index is 12.1. The first-order valence-electron chi connectivity index (χ1n) is 6.01. The Morgan fingerprint density at radius 1 is 1.26 bits per heavy atom. The van der Waals surface area contributed by atoms with Crippen molar-refractivity contribution in [1.29, 1.82) is 0 Å². The molecule has 98 valence electrons. The van der Waals surface area contributed by atoms with Gasteiger partial charge in [0.25, 0.3) is 11.8 Å². The monoisotopic (exact) mass is 278 g/mol. The van der Waals surface area contributed by atoms with Gasteiger partial charge >= 0.3 is 0 Å². The highest BCUT2D eigenvalue weighted by Crippen LogP contribution is 2.25. The van der Waals surface area contributed by atoms with E-state index in [-0.39, 0.29) is 24.1 Å². The lowest BCUT2D eigenvalue weighted by Crippen LogP contribution is -2.41. The zero-order chi connectivity index (χ0) is 13.6. The molecule has 1 heterocycles. The van der Waals surface area contributed by atoms with Crippen LogP contribution in [0.5, 0.6) is 0 Å². The summed E-state index contributed by atoms with van der Waals surface area (Å²) in [5, 5.41) is 3.14. The van der Waals surface area contributed by atoms with Gasteiger partial charge in [0.15, 0.2) is 0 Å². The molecule has 5 nitrogen and oxygen atoms in total. The van der Waals surface area contributed by atoms with Gasteiger partial charge in [-0.15, -0.1) is 0 Å². The van der Waals surface area contributed by atoms with Crippen LogP contribution in [0.2, 0.25) is 5.02 Å². The van der Waals surface area contributed by atoms with E-state index < -0.39 is 11.8 Å². The average Bonchev–Trinajstić information content (AvgIpc) is 3.14. The molecule has 2 aliphatic rings. The van der Waals surface area contributed by atoms with Gasteiger partial charge in [-0.25, -0.2) is 0 Å². The standard InChI is InChI=1S/C13H11ClN2O3/c14-7-1-4-9-10(5-7)13(19)16(12(9)18)6-11(17)15-8-2-3-8/h1,4-5,8H,2-3,6H2,(H,15,17). The molecule has 1 aliphatic heterocycles. The molecule has 0 aromatic heterocycles. The van der Waals surface area contributed by atoms with Gasteiger partial charge in [-0.3, -0.25) is 19.3 Å². The van der Waals surface area contributed by atoms with Crippen LogP contribution in [0.4, 0.5) is 0 Å². The van der Waals surface area contributed by atoms with Crippen LogP contribution in [-0.4, -0.2) is 35.2 Å². The van der Waals surface area contributed by atoms with Gasteiger partial charge in [-0.2, -0.15) is 0 Å². The molecule has 6 heteroatoms. The minimum atomic E-state index is -0.464. The number of carbonyl (C=O) groups excluding carboxylic acids is 3. The fraction of sp³-hybridized carbons (Fsp3) is 0.308. The van der Waals surface area contributed by atoms with Crippen molar-refractivity contribution in [3.63, 3.8) is 0 Å². The fourth-order valence-electron chi connectivity index (χ4n) is 2.05. The van der Waals surface area contributed by atoms with Crippen LogP contribution >= 0.6 is 11.6 Å². The number of hydrogen-bond acceptors (Lipinski definition) is 3. The number of rotatable bonds is 3. The molecule has 3 rings (SSSR count). The highest BCUT2D eigenvalue weighted by atomic mass is 35.5. The summed E-state index contributed by atoms with van der Waals surface area (Å²) in [4.78, 5) is 36.7. The summed E-state index contributed by atoms with van der Waals surface area (Å²) in [6, 6.07) is 4.73. The van der Waals surface area contributed by atoms with E-state index in [1.165, 1.54) is 12.1 Å². The maximum atomic E-state index is 12.1. The van der Waals surface area contributed by atoms with Crippen molar-refractivity contribution in [2.24, 2.45) is 0 Å². The first-order valence-corrected chi connectivity index (χ1v) is 6.39. The van der Waals surface area contributed by atoms with E-state index >= 15 is 0 Å². The largest absolute Gasteiger partial charge is 0.352 e. The van der Waals surface area contributed by atoms with Crippen molar-refractivity contribution in [3.05, 3.63) is 34.3 Å². The normalized spacial score (nSPS) is 17.6. The quantitative estimate of drug-likeness (QED) is 0.845. The van der Waals surface area contributed by atoms with Gasteiger partial charge in [-0.05, 0) is 31.0 Å². The molecule has 1 aromatic rings. The number of halogens is 1. The molecule has 1 saturated carbocycles. The number of benzene rings is 1. The maximum Gasteiger partial charge on any atom is 0.262 e. The Hall–Kier alpha value is -1.88. The molecule has 0 bridgehead atoms. The summed E-state index contributed by atoms with van der Waals surface area (Å²) in [6.07, 6.45) is 1.92. The van der Waals surface area contributed by atoms with Crippen LogP contribution < -0.4 is 5.32 Å². The van der Waals surface area contributed by atoms with E-state index in [1.807, 2.05) is 0 Å². The number of imide groups is 1. The minimum absolute atomic E-state index is 0.206. The van der Waals surface area contributed by atoms with Crippen LogP contribution in [0.1, 0.15) is 33.6 Å². The van der Waals surface area contributed by atoms with Crippen molar-refractivity contribution in [3.8, 4) is 0 Å². The van der Waals surface area contributed by atoms with E-state index in [4.69, 9.17) is 11.6 Å². The molecule has 1 aromatic carbocycles. The van der Waals surface area contributed by atoms with Crippen molar-refractivity contribution in [2.45, 2.75) is 18.9 Å². The third kappa shape index (κ3) is 2.21. The van der Waals surface area contributed by atoms with Crippen LogP contribution in [0.15, 0.2) is 18.2 Å². The number of hydrogen-bond donors (Lipinski definition) is 1. The topological polar surface area (TPSA) is 66.5 Å². The average molecular weight is 279 g/mol. The smallest absolute Gasteiger partial charge is 0.262 e. The van der Waals surface area contributed by atoms with Crippen LogP contribution in [-0.2, 0) is 4.79 Å². The van der Waals surface area contributed by atoms with E-state index in [0.717, 1.165) is 17.7 Å². The SMILES string of the molecule is O=C(CN1C(=O)c2ccc(Cl)cc2C1=O)NC1CC1. The molecule has 0 saturated heterocycles. The van der Waals surface area contributed by atoms with Gasteiger partial charge in [0, 0.05) is 11.1 Å². The Labute approximate surface area is 114 Å². The predicted molar refractivity (Wildman–Crippen MR) is 68.0 cm³/mol. The summed E-state index contributed by atoms with van der Waals surface area (Å²) in [7, 11) is 0. The van der Waals surface area contributed by atoms with Crippen molar-refractivity contribution in [1.82, 2.24) is 10.2 Å². The Balaban J connectivity index is 1.79.